The van der Waals surface area contributed by atoms with Gasteiger partial charge in [-0.3, -0.25) is 4.79 Å². The number of benzene rings is 1. The van der Waals surface area contributed by atoms with E-state index in [2.05, 4.69) is 10.6 Å². The fourth-order valence-corrected chi connectivity index (χ4v) is 2.69. The zero-order valence-corrected chi connectivity index (χ0v) is 13.5. The van der Waals surface area contributed by atoms with E-state index in [0.717, 1.165) is 0 Å². The maximum atomic E-state index is 12.4. The van der Waals surface area contributed by atoms with Crippen LogP contribution in [0.15, 0.2) is 24.3 Å². The first kappa shape index (κ1) is 16.3. The van der Waals surface area contributed by atoms with E-state index < -0.39 is 0 Å². The van der Waals surface area contributed by atoms with Crippen LogP contribution in [-0.2, 0) is 4.74 Å². The van der Waals surface area contributed by atoms with Crippen LogP contribution < -0.4 is 10.6 Å². The largest absolute Gasteiger partial charge is 0.369 e. The highest BCUT2D eigenvalue weighted by atomic mass is 16.5. The van der Waals surface area contributed by atoms with Gasteiger partial charge in [0.1, 0.15) is 0 Å². The minimum absolute atomic E-state index is 0.00768. The highest BCUT2D eigenvalue weighted by molar-refractivity contribution is 5.96. The molecule has 1 fully saturated rings. The molecule has 120 valence electrons. The van der Waals surface area contributed by atoms with E-state index in [1.165, 1.54) is 0 Å². The molecular weight excluding hydrogens is 282 g/mol. The Labute approximate surface area is 130 Å². The number of urea groups is 1. The number of nitrogens with one attached hydrogen (secondary N) is 2. The second-order valence-electron chi connectivity index (χ2n) is 6.16. The molecule has 1 aliphatic rings. The number of nitrogens with zero attached hydrogens (tertiary/aromatic N) is 1. The van der Waals surface area contributed by atoms with Gasteiger partial charge in [-0.15, -0.1) is 0 Å². The van der Waals surface area contributed by atoms with Gasteiger partial charge in [-0.2, -0.15) is 0 Å². The van der Waals surface area contributed by atoms with Crippen LogP contribution in [0.25, 0.3) is 0 Å². The van der Waals surface area contributed by atoms with Crippen molar-refractivity contribution in [3.8, 4) is 0 Å². The summed E-state index contributed by atoms with van der Waals surface area (Å²) in [5, 5.41) is 5.40. The van der Waals surface area contributed by atoms with E-state index in [0.29, 0.717) is 24.3 Å². The van der Waals surface area contributed by atoms with E-state index in [9.17, 15) is 9.59 Å². The van der Waals surface area contributed by atoms with Crippen molar-refractivity contribution in [2.75, 3.05) is 25.5 Å². The molecule has 22 heavy (non-hydrogen) atoms. The lowest BCUT2D eigenvalue weighted by atomic mass is 10.1. The topological polar surface area (TPSA) is 70.7 Å². The molecule has 6 heteroatoms. The normalized spacial score (nSPS) is 20.4. The molecule has 1 aromatic carbocycles. The third kappa shape index (κ3) is 3.98. The van der Waals surface area contributed by atoms with Crippen molar-refractivity contribution in [2.24, 2.45) is 0 Å². The first-order valence-corrected chi connectivity index (χ1v) is 7.36. The molecule has 3 amide bonds. The molecule has 0 spiro atoms. The van der Waals surface area contributed by atoms with Crippen molar-refractivity contribution in [3.05, 3.63) is 29.8 Å². The predicted molar refractivity (Wildman–Crippen MR) is 85.0 cm³/mol. The second-order valence-corrected chi connectivity index (χ2v) is 6.16. The molecule has 6 nitrogen and oxygen atoms in total. The van der Waals surface area contributed by atoms with Crippen LogP contribution in [0.1, 0.15) is 31.1 Å². The summed E-state index contributed by atoms with van der Waals surface area (Å²) in [5.41, 5.74) is 0.748. The molecule has 1 heterocycles. The van der Waals surface area contributed by atoms with E-state index in [4.69, 9.17) is 4.74 Å². The molecule has 0 saturated carbocycles. The van der Waals surface area contributed by atoms with Crippen LogP contribution in [0.4, 0.5) is 10.5 Å². The number of carbonyl (C=O) groups is 2. The summed E-state index contributed by atoms with van der Waals surface area (Å²) in [6.45, 7) is 6.96. The number of hydrogen-bond acceptors (Lipinski definition) is 3. The smallest absolute Gasteiger partial charge is 0.322 e. The summed E-state index contributed by atoms with van der Waals surface area (Å²) >= 11 is 0. The predicted octanol–water partition coefficient (Wildman–Crippen LogP) is 2.08. The maximum absolute atomic E-state index is 12.4. The highest BCUT2D eigenvalue weighted by Crippen LogP contribution is 2.21. The fraction of sp³-hybridized carbons (Fsp3) is 0.500. The zero-order chi connectivity index (χ0) is 16.3. The molecule has 0 bridgehead atoms. The number of morpholine rings is 1. The molecule has 1 unspecified atom stereocenters. The van der Waals surface area contributed by atoms with Gasteiger partial charge in [0.05, 0.1) is 18.2 Å². The Morgan fingerprint density at radius 2 is 2.09 bits per heavy atom. The van der Waals surface area contributed by atoms with Crippen molar-refractivity contribution in [1.29, 1.82) is 0 Å². The molecule has 2 N–H and O–H groups in total. The molecule has 1 aromatic rings. The van der Waals surface area contributed by atoms with Gasteiger partial charge >= 0.3 is 6.03 Å². The van der Waals surface area contributed by atoms with Crippen LogP contribution in [0.5, 0.6) is 0 Å². The number of amides is 3. The Balaban J connectivity index is 2.07. The standard InChI is InChI=1S/C16H23N3O3/c1-11-9-19(10-16(2,3)22-11)15(21)18-13-7-5-6-12(8-13)14(20)17-4/h5-8,11H,9-10H2,1-4H3,(H,17,20)(H,18,21). The van der Waals surface area contributed by atoms with Crippen LogP contribution in [0.3, 0.4) is 0 Å². The lowest BCUT2D eigenvalue weighted by Gasteiger charge is -2.41. The Morgan fingerprint density at radius 3 is 2.73 bits per heavy atom. The number of rotatable bonds is 2. The van der Waals surface area contributed by atoms with Gasteiger partial charge in [-0.25, -0.2) is 4.79 Å². The average molecular weight is 305 g/mol. The van der Waals surface area contributed by atoms with Crippen molar-refractivity contribution in [3.63, 3.8) is 0 Å². The van der Waals surface area contributed by atoms with Gasteiger partial charge in [0.15, 0.2) is 0 Å². The van der Waals surface area contributed by atoms with Gasteiger partial charge in [0, 0.05) is 24.8 Å². The first-order valence-electron chi connectivity index (χ1n) is 7.36. The molecule has 1 aliphatic heterocycles. The molecule has 0 aliphatic carbocycles. The third-order valence-electron chi connectivity index (χ3n) is 3.46. The summed E-state index contributed by atoms with van der Waals surface area (Å²) < 4.78 is 5.79. The second kappa shape index (κ2) is 6.36. The van der Waals surface area contributed by atoms with E-state index in [-0.39, 0.29) is 23.6 Å². The Hall–Kier alpha value is -2.08. The van der Waals surface area contributed by atoms with E-state index in [1.54, 1.807) is 36.2 Å². The van der Waals surface area contributed by atoms with Crippen molar-refractivity contribution in [1.82, 2.24) is 10.2 Å². The minimum Gasteiger partial charge on any atom is -0.369 e. The number of carbonyl (C=O) groups excluding carboxylic acids is 2. The SMILES string of the molecule is CNC(=O)c1cccc(NC(=O)N2CC(C)OC(C)(C)C2)c1. The van der Waals surface area contributed by atoms with Crippen LogP contribution >= 0.6 is 0 Å². The van der Waals surface area contributed by atoms with Crippen molar-refractivity contribution >= 4 is 17.6 Å². The molecule has 1 saturated heterocycles. The van der Waals surface area contributed by atoms with Gasteiger partial charge in [-0.1, -0.05) is 6.07 Å². The van der Waals surface area contributed by atoms with Crippen LogP contribution in [0, 0.1) is 0 Å². The van der Waals surface area contributed by atoms with Gasteiger partial charge in [0.2, 0.25) is 0 Å². The Bertz CT molecular complexity index is 572. The molecule has 1 atom stereocenters. The average Bonchev–Trinajstić information content (AvgIpc) is 2.44. The molecule has 0 radical (unpaired) electrons. The molecular formula is C16H23N3O3. The van der Waals surface area contributed by atoms with Gasteiger partial charge in [0.25, 0.3) is 5.91 Å². The maximum Gasteiger partial charge on any atom is 0.322 e. The van der Waals surface area contributed by atoms with Crippen LogP contribution in [0.2, 0.25) is 0 Å². The quantitative estimate of drug-likeness (QED) is 0.879. The lowest BCUT2D eigenvalue weighted by molar-refractivity contribution is -0.116. The number of anilines is 1. The third-order valence-corrected chi connectivity index (χ3v) is 3.46. The van der Waals surface area contributed by atoms with E-state index >= 15 is 0 Å². The number of hydrogen-bond donors (Lipinski definition) is 2. The van der Waals surface area contributed by atoms with Crippen molar-refractivity contribution < 1.29 is 14.3 Å². The molecule has 2 rings (SSSR count). The monoisotopic (exact) mass is 305 g/mol. The van der Waals surface area contributed by atoms with E-state index in [1.807, 2.05) is 20.8 Å². The highest BCUT2D eigenvalue weighted by Gasteiger charge is 2.33. The Kier molecular flexibility index (Phi) is 4.71. The minimum atomic E-state index is -0.362. The first-order chi connectivity index (χ1) is 10.3. The fourth-order valence-electron chi connectivity index (χ4n) is 2.69. The summed E-state index contributed by atoms with van der Waals surface area (Å²) in [4.78, 5) is 25.8. The summed E-state index contributed by atoms with van der Waals surface area (Å²) in [5.74, 6) is -0.183. The summed E-state index contributed by atoms with van der Waals surface area (Å²) in [6, 6.07) is 6.68. The van der Waals surface area contributed by atoms with Crippen molar-refractivity contribution in [2.45, 2.75) is 32.5 Å². The summed E-state index contributed by atoms with van der Waals surface area (Å²) in [6.07, 6.45) is -0.00768. The lowest BCUT2D eigenvalue weighted by Crippen LogP contribution is -2.54. The Morgan fingerprint density at radius 1 is 1.36 bits per heavy atom. The van der Waals surface area contributed by atoms with Gasteiger partial charge in [-0.05, 0) is 39.0 Å². The van der Waals surface area contributed by atoms with Gasteiger partial charge < -0.3 is 20.3 Å². The summed E-state index contributed by atoms with van der Waals surface area (Å²) in [7, 11) is 1.57. The number of ether oxygens (including phenoxy) is 1. The van der Waals surface area contributed by atoms with Crippen LogP contribution in [-0.4, -0.2) is 48.7 Å². The zero-order valence-electron chi connectivity index (χ0n) is 13.5. The molecule has 0 aromatic heterocycles.